The Hall–Kier alpha value is -2.17. The second-order valence-electron chi connectivity index (χ2n) is 5.50. The van der Waals surface area contributed by atoms with Crippen LogP contribution >= 0.6 is 0 Å². The van der Waals surface area contributed by atoms with Crippen molar-refractivity contribution in [3.8, 4) is 5.75 Å². The van der Waals surface area contributed by atoms with Crippen LogP contribution in [0.2, 0.25) is 0 Å². The number of aromatic hydroxyl groups is 1. The maximum atomic E-state index is 11.6. The summed E-state index contributed by atoms with van der Waals surface area (Å²) in [6, 6.07) is 12.5. The zero-order valence-corrected chi connectivity index (χ0v) is 17.5. The Morgan fingerprint density at radius 2 is 1.74 bits per heavy atom. The predicted molar refractivity (Wildman–Crippen MR) is 98.2 cm³/mol. The molecule has 0 aliphatic rings. The summed E-state index contributed by atoms with van der Waals surface area (Å²) in [5.41, 5.74) is 6.94. The van der Waals surface area contributed by atoms with Gasteiger partial charge in [0.15, 0.2) is 5.75 Å². The maximum Gasteiger partial charge on any atom is 1.00 e. The van der Waals surface area contributed by atoms with Gasteiger partial charge in [0.05, 0.1) is 10.6 Å². The first-order valence-corrected chi connectivity index (χ1v) is 8.91. The van der Waals surface area contributed by atoms with E-state index in [-0.39, 0.29) is 34.9 Å². The number of nitrogens with zero attached hydrogens (tertiary/aromatic N) is 2. The number of nitrogens with two attached hydrogens (primary N) is 1. The van der Waals surface area contributed by atoms with Crippen molar-refractivity contribution in [2.75, 3.05) is 18.1 Å². The first-order chi connectivity index (χ1) is 12.3. The van der Waals surface area contributed by atoms with Crippen LogP contribution in [0.1, 0.15) is 0 Å². The number of phenolic OH excluding ortho intramolecular Hbond substituents is 1. The van der Waals surface area contributed by atoms with Gasteiger partial charge in [-0.15, -0.1) is 5.11 Å². The van der Waals surface area contributed by atoms with Gasteiger partial charge in [0, 0.05) is 23.8 Å². The number of benzene rings is 3. The average molecular weight is 394 g/mol. The van der Waals surface area contributed by atoms with E-state index >= 15 is 0 Å². The Kier molecular flexibility index (Phi) is 6.45. The number of nitrogens with one attached hydrogen (secondary N) is 1. The summed E-state index contributed by atoms with van der Waals surface area (Å²) < 4.78 is 34.8. The van der Waals surface area contributed by atoms with Crippen molar-refractivity contribution in [1.29, 1.82) is 0 Å². The molecule has 27 heavy (non-hydrogen) atoms. The third-order valence-electron chi connectivity index (χ3n) is 3.77. The molecule has 0 saturated heterocycles. The van der Waals surface area contributed by atoms with Crippen LogP contribution in [-0.2, 0) is 10.1 Å². The van der Waals surface area contributed by atoms with E-state index in [2.05, 4.69) is 15.5 Å². The van der Waals surface area contributed by atoms with E-state index in [1.165, 1.54) is 18.2 Å². The molecule has 134 valence electrons. The third kappa shape index (κ3) is 4.57. The molecule has 0 aromatic heterocycles. The summed E-state index contributed by atoms with van der Waals surface area (Å²) in [6.07, 6.45) is 0. The van der Waals surface area contributed by atoms with E-state index in [1.54, 1.807) is 31.3 Å². The van der Waals surface area contributed by atoms with Crippen LogP contribution < -0.4 is 40.6 Å². The Labute approximate surface area is 178 Å². The van der Waals surface area contributed by atoms with Gasteiger partial charge in [-0.3, -0.25) is 0 Å². The number of hydrogen-bond donors (Lipinski definition) is 3. The van der Waals surface area contributed by atoms with Crippen LogP contribution in [0.5, 0.6) is 5.75 Å². The third-order valence-corrected chi connectivity index (χ3v) is 4.62. The SMILES string of the molecule is CNc1ccc(N=Nc2c(S(=O)(=O)[O-])cc3ccc(N)cc3c2O)cc1.[Na+]. The molecule has 0 radical (unpaired) electrons. The Morgan fingerprint density at radius 3 is 2.33 bits per heavy atom. The summed E-state index contributed by atoms with van der Waals surface area (Å²) >= 11 is 0. The van der Waals surface area contributed by atoms with Gasteiger partial charge < -0.3 is 20.7 Å². The number of anilines is 2. The molecule has 10 heteroatoms. The average Bonchev–Trinajstić information content (AvgIpc) is 2.61. The normalized spacial score (nSPS) is 11.5. The van der Waals surface area contributed by atoms with Crippen LogP contribution in [0.3, 0.4) is 0 Å². The maximum absolute atomic E-state index is 11.6. The van der Waals surface area contributed by atoms with Crippen LogP contribution in [-0.4, -0.2) is 25.1 Å². The summed E-state index contributed by atoms with van der Waals surface area (Å²) in [5.74, 6) is -0.472. The molecule has 0 spiro atoms. The zero-order valence-electron chi connectivity index (χ0n) is 14.7. The molecule has 3 rings (SSSR count). The molecular weight excluding hydrogens is 379 g/mol. The summed E-state index contributed by atoms with van der Waals surface area (Å²) in [6.45, 7) is 0. The molecule has 0 fully saturated rings. The van der Waals surface area contributed by atoms with Crippen molar-refractivity contribution in [3.63, 3.8) is 0 Å². The van der Waals surface area contributed by atoms with E-state index in [1.807, 2.05) is 0 Å². The van der Waals surface area contributed by atoms with E-state index in [4.69, 9.17) is 5.73 Å². The van der Waals surface area contributed by atoms with Crippen molar-refractivity contribution in [3.05, 3.63) is 48.5 Å². The quantitative estimate of drug-likeness (QED) is 0.255. The molecule has 8 nitrogen and oxygen atoms in total. The molecule has 4 N–H and O–H groups in total. The topological polar surface area (TPSA) is 140 Å². The number of hydrogen-bond acceptors (Lipinski definition) is 8. The molecule has 0 amide bonds. The molecule has 3 aromatic rings. The van der Waals surface area contributed by atoms with Gasteiger partial charge in [-0.1, -0.05) is 6.07 Å². The van der Waals surface area contributed by atoms with Gasteiger partial charge in [0.1, 0.15) is 15.8 Å². The van der Waals surface area contributed by atoms with E-state index in [0.29, 0.717) is 16.8 Å². The number of rotatable bonds is 4. The van der Waals surface area contributed by atoms with Crippen molar-refractivity contribution in [2.45, 2.75) is 4.90 Å². The Bertz CT molecular complexity index is 1120. The second-order valence-corrected chi connectivity index (χ2v) is 6.85. The summed E-state index contributed by atoms with van der Waals surface area (Å²) in [5, 5.41) is 21.8. The molecule has 0 aliphatic heterocycles. The number of phenols is 1. The van der Waals surface area contributed by atoms with E-state index < -0.39 is 26.5 Å². The predicted octanol–water partition coefficient (Wildman–Crippen LogP) is 0.493. The van der Waals surface area contributed by atoms with Gasteiger partial charge in [-0.25, -0.2) is 8.42 Å². The van der Waals surface area contributed by atoms with Crippen LogP contribution in [0.25, 0.3) is 10.8 Å². The number of fused-ring (bicyclic) bond motifs is 1. The smallest absolute Gasteiger partial charge is 0.744 e. The number of nitrogen functional groups attached to an aromatic ring is 1. The van der Waals surface area contributed by atoms with Gasteiger partial charge >= 0.3 is 29.6 Å². The van der Waals surface area contributed by atoms with Crippen molar-refractivity contribution in [1.82, 2.24) is 0 Å². The van der Waals surface area contributed by atoms with Crippen LogP contribution in [0.4, 0.5) is 22.7 Å². The molecule has 3 aromatic carbocycles. The van der Waals surface area contributed by atoms with Crippen molar-refractivity contribution in [2.24, 2.45) is 10.2 Å². The fraction of sp³-hybridized carbons (Fsp3) is 0.0588. The fourth-order valence-corrected chi connectivity index (χ4v) is 3.09. The second kappa shape index (κ2) is 8.24. The number of azo groups is 1. The Morgan fingerprint density at radius 1 is 1.07 bits per heavy atom. The van der Waals surface area contributed by atoms with Gasteiger partial charge in [-0.05, 0) is 47.9 Å². The summed E-state index contributed by atoms with van der Waals surface area (Å²) in [7, 11) is -3.11. The summed E-state index contributed by atoms with van der Waals surface area (Å²) in [4.78, 5) is -0.650. The molecule has 0 aliphatic carbocycles. The van der Waals surface area contributed by atoms with Gasteiger partial charge in [-0.2, -0.15) is 5.11 Å². The molecule has 0 unspecified atom stereocenters. The van der Waals surface area contributed by atoms with Gasteiger partial charge in [0.2, 0.25) is 0 Å². The monoisotopic (exact) mass is 394 g/mol. The Balaban J connectivity index is 0.00000261. The van der Waals surface area contributed by atoms with Crippen LogP contribution in [0.15, 0.2) is 63.7 Å². The van der Waals surface area contributed by atoms with E-state index in [9.17, 15) is 18.1 Å². The van der Waals surface area contributed by atoms with Crippen molar-refractivity contribution < 1.29 is 47.6 Å². The first kappa shape index (κ1) is 21.1. The minimum Gasteiger partial charge on any atom is -0.744 e. The minimum absolute atomic E-state index is 0. The van der Waals surface area contributed by atoms with Crippen molar-refractivity contribution >= 4 is 43.6 Å². The fourth-order valence-electron chi connectivity index (χ4n) is 2.45. The molecule has 0 saturated carbocycles. The van der Waals surface area contributed by atoms with Gasteiger partial charge in [0.25, 0.3) is 0 Å². The molecule has 0 heterocycles. The van der Waals surface area contributed by atoms with Crippen LogP contribution in [0, 0.1) is 0 Å². The zero-order chi connectivity index (χ0) is 18.9. The van der Waals surface area contributed by atoms with E-state index in [0.717, 1.165) is 11.8 Å². The minimum atomic E-state index is -4.88. The standard InChI is InChI=1S/C17H16N4O4S.Na/c1-19-12-4-6-13(7-5-12)20-21-16-15(26(23,24)25)8-10-2-3-11(18)9-14(10)17(16)22;/h2-9,19,22H,18H2,1H3,(H,23,24,25);/q;+1/p-1. The molecular formula is C17H15N4NaO4S. The molecule has 0 bridgehead atoms. The largest absolute Gasteiger partial charge is 1.00 e. The molecule has 0 atom stereocenters. The first-order valence-electron chi connectivity index (χ1n) is 7.50.